The molecule has 0 aliphatic heterocycles. The third-order valence-electron chi connectivity index (χ3n) is 24.4. The molecule has 0 amide bonds. The van der Waals surface area contributed by atoms with E-state index >= 15 is 0 Å². The Hall–Kier alpha value is -16.1. The smallest absolute Gasteiger partial charge is 0.0541 e. The van der Waals surface area contributed by atoms with E-state index in [4.69, 9.17) is 0 Å². The number of para-hydroxylation sites is 8. The summed E-state index contributed by atoms with van der Waals surface area (Å²) < 4.78 is 4.88. The summed E-state index contributed by atoms with van der Waals surface area (Å²) in [6.45, 7) is 0. The van der Waals surface area contributed by atoms with Crippen LogP contribution >= 0.6 is 0 Å². The zero-order valence-corrected chi connectivity index (χ0v) is 67.0. The van der Waals surface area contributed by atoms with Gasteiger partial charge in [-0.25, -0.2) is 0 Å². The summed E-state index contributed by atoms with van der Waals surface area (Å²) in [5.41, 5.74) is 36.3. The predicted molar refractivity (Wildman–Crippen MR) is 516 cm³/mol. The number of hydrogen-bond acceptors (Lipinski definition) is 2. The van der Waals surface area contributed by atoms with Crippen molar-refractivity contribution in [1.82, 2.24) is 9.13 Å². The van der Waals surface area contributed by atoms with Crippen LogP contribution in [0.3, 0.4) is 0 Å². The van der Waals surface area contributed by atoms with Crippen LogP contribution in [0.4, 0.5) is 34.1 Å². The van der Waals surface area contributed by atoms with Crippen LogP contribution in [0.5, 0.6) is 0 Å². The molecule has 2 heterocycles. The molecular weight excluding hydrogens is 1470 g/mol. The fourth-order valence-corrected chi connectivity index (χ4v) is 18.6. The molecule has 4 nitrogen and oxygen atoms in total. The van der Waals surface area contributed by atoms with Gasteiger partial charge in [0, 0.05) is 66.4 Å². The van der Waals surface area contributed by atoms with Gasteiger partial charge in [-0.1, -0.05) is 382 Å². The van der Waals surface area contributed by atoms with E-state index in [1.54, 1.807) is 0 Å². The third kappa shape index (κ3) is 13.2. The van der Waals surface area contributed by atoms with Gasteiger partial charge in [0.2, 0.25) is 0 Å². The molecule has 0 saturated carbocycles. The van der Waals surface area contributed by atoms with Crippen LogP contribution in [-0.4, -0.2) is 9.13 Å². The van der Waals surface area contributed by atoms with Crippen LogP contribution in [-0.2, 0) is 0 Å². The minimum absolute atomic E-state index is 1.05. The van der Waals surface area contributed by atoms with E-state index in [1.807, 2.05) is 0 Å². The van der Waals surface area contributed by atoms with Crippen LogP contribution in [0.1, 0.15) is 0 Å². The maximum Gasteiger partial charge on any atom is 0.0541 e. The van der Waals surface area contributed by atoms with Crippen molar-refractivity contribution in [2.45, 2.75) is 0 Å². The molecule has 0 unspecified atom stereocenters. The van der Waals surface area contributed by atoms with E-state index in [0.717, 1.165) is 157 Å². The molecule has 0 saturated heterocycles. The molecule has 0 aliphatic carbocycles. The number of fused-ring (bicyclic) bond motifs is 7. The summed E-state index contributed by atoms with van der Waals surface area (Å²) >= 11 is 0. The molecule has 0 spiro atoms. The number of rotatable bonds is 18. The molecule has 0 fully saturated rings. The summed E-state index contributed by atoms with van der Waals surface area (Å²) in [6, 6.07) is 178. The van der Waals surface area contributed by atoms with Gasteiger partial charge in [-0.05, 0) is 197 Å². The maximum absolute atomic E-state index is 2.46. The third-order valence-corrected chi connectivity index (χ3v) is 24.4. The van der Waals surface area contributed by atoms with Crippen molar-refractivity contribution >= 4 is 88.5 Å². The van der Waals surface area contributed by atoms with E-state index in [9.17, 15) is 0 Å². The standard InChI is InChI=1S/C118H80N4/c1-3-30-86(31-4-1)100-43-11-19-52-110(100)119(94-73-68-83(69-74-94)81-60-64-88(65-61-81)102-45-13-21-54-112(102)121-114-56-23-15-47-105(114)106-48-16-24-57-115(106)121)96-39-28-38-93(79-96)99-42-10-9-41-98(99)92-37-27-36-90(78-92)91-72-77-118(122-116-58-25-17-49-107(116)108-50-18-26-59-117(108)122)109(80-91)89-66-62-82(63-67-89)84-70-75-95(76-71-84)120(111-53-20-12-44-101(111)87-32-5-2-6-33-87)113-55-22-14-46-104(113)103-51-29-35-85-34-7-8-40-97(85)103/h1-80H. The Labute approximate surface area is 710 Å². The molecule has 0 aliphatic rings. The molecule has 4 heteroatoms. The van der Waals surface area contributed by atoms with Crippen LogP contribution < -0.4 is 9.80 Å². The lowest BCUT2D eigenvalue weighted by Crippen LogP contribution is -2.12. The Kier molecular flexibility index (Phi) is 18.6. The predicted octanol–water partition coefficient (Wildman–Crippen LogP) is 32.6. The second-order valence-electron chi connectivity index (χ2n) is 31.4. The van der Waals surface area contributed by atoms with Crippen molar-refractivity contribution in [3.8, 4) is 123 Å². The van der Waals surface area contributed by atoms with Crippen molar-refractivity contribution < 1.29 is 0 Å². The second-order valence-corrected chi connectivity index (χ2v) is 31.4. The molecular formula is C118H80N4. The number of aromatic nitrogens is 2. The van der Waals surface area contributed by atoms with Gasteiger partial charge < -0.3 is 18.9 Å². The molecule has 0 radical (unpaired) electrons. The van der Waals surface area contributed by atoms with Crippen molar-refractivity contribution in [3.63, 3.8) is 0 Å². The Bertz CT molecular complexity index is 7560. The van der Waals surface area contributed by atoms with Crippen molar-refractivity contribution in [2.75, 3.05) is 9.80 Å². The highest BCUT2D eigenvalue weighted by molar-refractivity contribution is 6.12. The van der Waals surface area contributed by atoms with E-state index in [0.29, 0.717) is 0 Å². The van der Waals surface area contributed by atoms with E-state index in [-0.39, 0.29) is 0 Å². The minimum atomic E-state index is 1.05. The Balaban J connectivity index is 0.601. The highest BCUT2D eigenvalue weighted by atomic mass is 15.2. The quantitative estimate of drug-likeness (QED) is 0.0851. The van der Waals surface area contributed by atoms with Gasteiger partial charge in [0.1, 0.15) is 0 Å². The van der Waals surface area contributed by atoms with Gasteiger partial charge in [-0.3, -0.25) is 0 Å². The van der Waals surface area contributed by atoms with Crippen molar-refractivity contribution in [1.29, 1.82) is 0 Å². The first-order valence-electron chi connectivity index (χ1n) is 41.9. The number of hydrogen-bond donors (Lipinski definition) is 0. The van der Waals surface area contributed by atoms with Gasteiger partial charge in [0.05, 0.1) is 50.5 Å². The first-order chi connectivity index (χ1) is 60.5. The lowest BCUT2D eigenvalue weighted by Gasteiger charge is -2.30. The SMILES string of the molecule is c1ccc(-c2ccccc2N(c2ccc(-c3ccc(-c4ccccc4-n4c5ccccc5c5ccccc54)cc3)cc2)c2cccc(-c3ccccc3-c3cccc(-c4ccc(-n5c6ccccc6c6ccccc65)c(-c5ccc(-c6ccc(N(c7ccccc7-c7ccccc7)c7ccccc7-c7cccc8ccccc78)cc6)cc5)c4)c3)c2)cc1. The molecule has 22 rings (SSSR count). The minimum Gasteiger partial charge on any atom is -0.310 e. The van der Waals surface area contributed by atoms with Gasteiger partial charge in [-0.2, -0.15) is 0 Å². The normalized spacial score (nSPS) is 11.4. The monoisotopic (exact) mass is 1550 g/mol. The Morgan fingerprint density at radius 3 is 0.984 bits per heavy atom. The second kappa shape index (κ2) is 31.4. The average molecular weight is 1550 g/mol. The van der Waals surface area contributed by atoms with E-state index in [2.05, 4.69) is 504 Å². The van der Waals surface area contributed by atoms with Gasteiger partial charge in [-0.15, -0.1) is 0 Å². The first kappa shape index (κ1) is 72.3. The zero-order valence-electron chi connectivity index (χ0n) is 67.0. The molecule has 22 aromatic rings. The molecule has 122 heavy (non-hydrogen) atoms. The van der Waals surface area contributed by atoms with Crippen LogP contribution in [0.25, 0.3) is 177 Å². The number of anilines is 6. The number of benzene rings is 20. The number of nitrogens with zero attached hydrogens (tertiary/aromatic N) is 4. The van der Waals surface area contributed by atoms with E-state index < -0.39 is 0 Å². The summed E-state index contributed by atoms with van der Waals surface area (Å²) in [7, 11) is 0. The van der Waals surface area contributed by atoms with Crippen molar-refractivity contribution in [2.24, 2.45) is 0 Å². The summed E-state index contributed by atoms with van der Waals surface area (Å²) in [6.07, 6.45) is 0. The summed E-state index contributed by atoms with van der Waals surface area (Å²) in [4.78, 5) is 4.87. The van der Waals surface area contributed by atoms with Crippen molar-refractivity contribution in [3.05, 3.63) is 485 Å². The van der Waals surface area contributed by atoms with Gasteiger partial charge in [0.25, 0.3) is 0 Å². The first-order valence-corrected chi connectivity index (χ1v) is 41.9. The highest BCUT2D eigenvalue weighted by Gasteiger charge is 2.25. The topological polar surface area (TPSA) is 16.3 Å². The zero-order chi connectivity index (χ0) is 80.8. The van der Waals surface area contributed by atoms with Crippen LogP contribution in [0.2, 0.25) is 0 Å². The molecule has 0 bridgehead atoms. The molecule has 0 N–H and O–H groups in total. The van der Waals surface area contributed by atoms with Gasteiger partial charge in [0.15, 0.2) is 0 Å². The molecule has 2 aromatic heterocycles. The lowest BCUT2D eigenvalue weighted by atomic mass is 9.91. The Morgan fingerprint density at radius 2 is 0.451 bits per heavy atom. The summed E-state index contributed by atoms with van der Waals surface area (Å²) in [5, 5.41) is 7.38. The van der Waals surface area contributed by atoms with Crippen LogP contribution in [0.15, 0.2) is 485 Å². The Morgan fingerprint density at radius 1 is 0.139 bits per heavy atom. The van der Waals surface area contributed by atoms with Crippen LogP contribution in [0, 0.1) is 0 Å². The van der Waals surface area contributed by atoms with E-state index in [1.165, 1.54) is 54.5 Å². The van der Waals surface area contributed by atoms with Gasteiger partial charge >= 0.3 is 0 Å². The maximum atomic E-state index is 2.46. The fraction of sp³-hybridized carbons (Fsp3) is 0. The summed E-state index contributed by atoms with van der Waals surface area (Å²) in [5.74, 6) is 0. The highest BCUT2D eigenvalue weighted by Crippen LogP contribution is 2.50. The fourth-order valence-electron chi connectivity index (χ4n) is 18.6. The molecule has 0 atom stereocenters. The lowest BCUT2D eigenvalue weighted by molar-refractivity contribution is 1.18. The molecule has 572 valence electrons. The largest absolute Gasteiger partial charge is 0.310 e. The average Bonchev–Trinajstić information content (AvgIpc) is 1.54. The molecule has 20 aromatic carbocycles.